The first-order valence-electron chi connectivity index (χ1n) is 11.7. The van der Waals surface area contributed by atoms with Crippen LogP contribution >= 0.6 is 15.9 Å². The van der Waals surface area contributed by atoms with Crippen molar-refractivity contribution in [3.8, 4) is 0 Å². The summed E-state index contributed by atoms with van der Waals surface area (Å²) in [5.74, 6) is 2.70. The van der Waals surface area contributed by atoms with Crippen LogP contribution in [0, 0.1) is 23.2 Å². The number of hydrogen-bond acceptors (Lipinski definition) is 5. The van der Waals surface area contributed by atoms with Gasteiger partial charge in [0.2, 0.25) is 0 Å². The molecule has 0 unspecified atom stereocenters. The van der Waals surface area contributed by atoms with E-state index < -0.39 is 0 Å². The lowest BCUT2D eigenvalue weighted by atomic mass is 9.45. The fourth-order valence-corrected chi connectivity index (χ4v) is 6.27. The number of aromatic nitrogens is 4. The predicted octanol–water partition coefficient (Wildman–Crippen LogP) is 4.57. The van der Waals surface area contributed by atoms with Gasteiger partial charge in [0.05, 0.1) is 22.9 Å². The first-order chi connectivity index (χ1) is 15.7. The van der Waals surface area contributed by atoms with Crippen molar-refractivity contribution < 1.29 is 4.79 Å². The number of para-hydroxylation sites is 2. The minimum Gasteiger partial charge on any atom is -0.380 e. The molecule has 3 fully saturated rings. The fourth-order valence-electron chi connectivity index (χ4n) is 5.85. The lowest BCUT2D eigenvalue weighted by molar-refractivity contribution is -0.119. The number of benzene rings is 1. The molecule has 33 heavy (non-hydrogen) atoms. The standard InChI is InChI=1S/C25H30BrN5O2/c1-14-17-10-15(25(17,2)3)11-20(14)28-21-12-27-31(24(33)23(21)26)13-16(32)8-9-22-29-18-6-4-5-7-19(18)30-22/h4-7,12,14-15,17,20,28H,8-11,13H2,1-3H3,(H,29,30)/t14-,15-,17+,20-/m1/s1. The van der Waals surface area contributed by atoms with Gasteiger partial charge in [-0.2, -0.15) is 5.10 Å². The number of carbonyl (C=O) groups excluding carboxylic acids is 1. The number of nitrogens with one attached hydrogen (secondary N) is 2. The third-order valence-corrected chi connectivity index (χ3v) is 8.85. The number of Topliss-reactive ketones (excluding diaryl/α,β-unsaturated/α-hetero) is 1. The summed E-state index contributed by atoms with van der Waals surface area (Å²) in [6.45, 7) is 7.02. The molecular formula is C25H30BrN5O2. The summed E-state index contributed by atoms with van der Waals surface area (Å²) in [6, 6.07) is 8.11. The molecule has 0 amide bonds. The van der Waals surface area contributed by atoms with E-state index in [2.05, 4.69) is 57.1 Å². The van der Waals surface area contributed by atoms with Gasteiger partial charge in [-0.05, 0) is 64.1 Å². The van der Waals surface area contributed by atoms with Crippen molar-refractivity contribution in [3.63, 3.8) is 0 Å². The number of aryl methyl sites for hydroxylation is 1. The van der Waals surface area contributed by atoms with Gasteiger partial charge in [-0.25, -0.2) is 9.67 Å². The Hall–Kier alpha value is -2.48. The average molecular weight is 512 g/mol. The summed E-state index contributed by atoms with van der Waals surface area (Å²) < 4.78 is 1.68. The molecular weight excluding hydrogens is 482 g/mol. The van der Waals surface area contributed by atoms with E-state index in [-0.39, 0.29) is 17.9 Å². The summed E-state index contributed by atoms with van der Waals surface area (Å²) in [5.41, 5.74) is 2.68. The Morgan fingerprint density at radius 3 is 2.82 bits per heavy atom. The number of rotatable bonds is 7. The van der Waals surface area contributed by atoms with Crippen LogP contribution in [0.5, 0.6) is 0 Å². The molecule has 2 heterocycles. The lowest BCUT2D eigenvalue weighted by Crippen LogP contribution is -2.58. The quantitative estimate of drug-likeness (QED) is 0.484. The van der Waals surface area contributed by atoms with Crippen LogP contribution in [0.4, 0.5) is 5.69 Å². The van der Waals surface area contributed by atoms with E-state index in [1.165, 1.54) is 11.1 Å². The van der Waals surface area contributed by atoms with Crippen molar-refractivity contribution >= 4 is 38.4 Å². The topological polar surface area (TPSA) is 92.7 Å². The molecule has 0 radical (unpaired) electrons. The Morgan fingerprint density at radius 1 is 1.30 bits per heavy atom. The number of halogens is 1. The Morgan fingerprint density at radius 2 is 2.09 bits per heavy atom. The van der Waals surface area contributed by atoms with Gasteiger partial charge in [0.25, 0.3) is 5.56 Å². The molecule has 2 aromatic heterocycles. The smallest absolute Gasteiger partial charge is 0.283 e. The Labute approximate surface area is 201 Å². The molecule has 2 N–H and O–H groups in total. The molecule has 0 saturated heterocycles. The molecule has 3 aliphatic rings. The maximum atomic E-state index is 12.9. The van der Waals surface area contributed by atoms with Crippen molar-refractivity contribution in [2.75, 3.05) is 5.32 Å². The molecule has 7 nitrogen and oxygen atoms in total. The summed E-state index contributed by atoms with van der Waals surface area (Å²) in [7, 11) is 0. The second kappa shape index (κ2) is 8.38. The van der Waals surface area contributed by atoms with Crippen LogP contribution < -0.4 is 10.9 Å². The summed E-state index contributed by atoms with van der Waals surface area (Å²) in [6.07, 6.45) is 4.88. The minimum absolute atomic E-state index is 0.0455. The van der Waals surface area contributed by atoms with Gasteiger partial charge in [0.15, 0.2) is 5.78 Å². The largest absolute Gasteiger partial charge is 0.380 e. The molecule has 3 saturated carbocycles. The van der Waals surface area contributed by atoms with Crippen LogP contribution in [0.3, 0.4) is 0 Å². The molecule has 4 atom stereocenters. The Bertz CT molecular complexity index is 1230. The highest BCUT2D eigenvalue weighted by Gasteiger charge is 2.56. The van der Waals surface area contributed by atoms with E-state index in [9.17, 15) is 9.59 Å². The monoisotopic (exact) mass is 511 g/mol. The fraction of sp³-hybridized carbons (Fsp3) is 0.520. The van der Waals surface area contributed by atoms with Crippen molar-refractivity contribution in [1.82, 2.24) is 19.7 Å². The molecule has 2 bridgehead atoms. The molecule has 8 heteroatoms. The van der Waals surface area contributed by atoms with Gasteiger partial charge in [0.1, 0.15) is 16.8 Å². The molecule has 1 aromatic carbocycles. The molecule has 6 rings (SSSR count). The van der Waals surface area contributed by atoms with Gasteiger partial charge in [-0.15, -0.1) is 0 Å². The van der Waals surface area contributed by atoms with Gasteiger partial charge in [-0.3, -0.25) is 9.59 Å². The number of H-pyrrole nitrogens is 1. The highest BCUT2D eigenvalue weighted by atomic mass is 79.9. The number of imidazole rings is 1. The molecule has 3 aromatic rings. The molecule has 0 spiro atoms. The first kappa shape index (κ1) is 22.3. The van der Waals surface area contributed by atoms with Crippen LogP contribution in [-0.2, 0) is 17.8 Å². The van der Waals surface area contributed by atoms with E-state index in [0.29, 0.717) is 46.3 Å². The Kier molecular flexibility index (Phi) is 5.67. The molecule has 0 aliphatic heterocycles. The van der Waals surface area contributed by atoms with Crippen LogP contribution in [0.2, 0.25) is 0 Å². The van der Waals surface area contributed by atoms with E-state index >= 15 is 0 Å². The Balaban J connectivity index is 1.21. The van der Waals surface area contributed by atoms with Crippen LogP contribution in [0.25, 0.3) is 11.0 Å². The number of fused-ring (bicyclic) bond motifs is 3. The van der Waals surface area contributed by atoms with Gasteiger partial charge in [-0.1, -0.05) is 32.9 Å². The maximum absolute atomic E-state index is 12.9. The van der Waals surface area contributed by atoms with E-state index in [4.69, 9.17) is 0 Å². The second-order valence-electron chi connectivity index (χ2n) is 10.3. The number of carbonyl (C=O) groups is 1. The van der Waals surface area contributed by atoms with E-state index in [0.717, 1.165) is 29.2 Å². The zero-order valence-corrected chi connectivity index (χ0v) is 20.9. The zero-order valence-electron chi connectivity index (χ0n) is 19.3. The predicted molar refractivity (Wildman–Crippen MR) is 132 cm³/mol. The van der Waals surface area contributed by atoms with Crippen molar-refractivity contribution in [2.24, 2.45) is 23.2 Å². The van der Waals surface area contributed by atoms with Gasteiger partial charge >= 0.3 is 0 Å². The SMILES string of the molecule is C[C@H]1[C@H](Nc2cnn(CC(=O)CCc3nc4ccccc4[nH]3)c(=O)c2Br)C[C@H]2C[C@@H]1C2(C)C. The van der Waals surface area contributed by atoms with Crippen LogP contribution in [-0.4, -0.2) is 31.6 Å². The third kappa shape index (κ3) is 4.03. The van der Waals surface area contributed by atoms with Gasteiger partial charge in [0, 0.05) is 18.9 Å². The molecule has 174 valence electrons. The third-order valence-electron chi connectivity index (χ3n) is 8.09. The zero-order chi connectivity index (χ0) is 23.3. The second-order valence-corrected chi connectivity index (χ2v) is 11.1. The highest BCUT2D eigenvalue weighted by molar-refractivity contribution is 9.10. The van der Waals surface area contributed by atoms with Crippen LogP contribution in [0.15, 0.2) is 39.7 Å². The summed E-state index contributed by atoms with van der Waals surface area (Å²) in [4.78, 5) is 33.1. The highest BCUT2D eigenvalue weighted by Crippen LogP contribution is 2.61. The number of hydrogen-bond donors (Lipinski definition) is 2. The normalized spacial score (nSPS) is 25.6. The minimum atomic E-state index is -0.286. The van der Waals surface area contributed by atoms with Crippen molar-refractivity contribution in [2.45, 2.75) is 59.0 Å². The average Bonchev–Trinajstić information content (AvgIpc) is 3.21. The van der Waals surface area contributed by atoms with E-state index in [1.807, 2.05) is 24.3 Å². The van der Waals surface area contributed by atoms with Crippen molar-refractivity contribution in [3.05, 3.63) is 51.1 Å². The lowest BCUT2D eigenvalue weighted by Gasteiger charge is -2.62. The number of nitrogens with zero attached hydrogens (tertiary/aromatic N) is 3. The number of ketones is 1. The molecule has 3 aliphatic carbocycles. The number of aromatic amines is 1. The number of anilines is 1. The summed E-state index contributed by atoms with van der Waals surface area (Å²) >= 11 is 3.45. The maximum Gasteiger partial charge on any atom is 0.283 e. The first-order valence-corrected chi connectivity index (χ1v) is 12.5. The van der Waals surface area contributed by atoms with Crippen LogP contribution in [0.1, 0.15) is 45.9 Å². The summed E-state index contributed by atoms with van der Waals surface area (Å²) in [5, 5.41) is 7.84. The van der Waals surface area contributed by atoms with Crippen molar-refractivity contribution in [1.29, 1.82) is 0 Å². The van der Waals surface area contributed by atoms with Gasteiger partial charge < -0.3 is 10.3 Å². The van der Waals surface area contributed by atoms with E-state index in [1.54, 1.807) is 6.20 Å².